The number of aliphatic hydroxyl groups is 2. The van der Waals surface area contributed by atoms with E-state index in [1.807, 2.05) is 0 Å². The first-order chi connectivity index (χ1) is 16.0. The lowest BCUT2D eigenvalue weighted by molar-refractivity contribution is -0.0896. The van der Waals surface area contributed by atoms with Crippen LogP contribution in [0.3, 0.4) is 0 Å². The second-order valence-corrected chi connectivity index (χ2v) is 12.0. The Morgan fingerprint density at radius 3 is 2.68 bits per heavy atom. The smallest absolute Gasteiger partial charge is 0.357 e. The van der Waals surface area contributed by atoms with Gasteiger partial charge < -0.3 is 34.8 Å². The van der Waals surface area contributed by atoms with Crippen LogP contribution in [0.1, 0.15) is 38.8 Å². The van der Waals surface area contributed by atoms with Crippen LogP contribution in [-0.2, 0) is 14.0 Å². The molecule has 15 heteroatoms. The molecule has 12 nitrogen and oxygen atoms in total. The molecule has 0 aromatic carbocycles. The number of aromatic nitrogens is 4. The minimum absolute atomic E-state index is 0.00265. The van der Waals surface area contributed by atoms with Gasteiger partial charge in [0, 0.05) is 11.8 Å². The van der Waals surface area contributed by atoms with Crippen molar-refractivity contribution in [3.05, 3.63) is 11.5 Å². The van der Waals surface area contributed by atoms with Crippen LogP contribution >= 0.6 is 31.0 Å². The van der Waals surface area contributed by atoms with Crippen molar-refractivity contribution in [2.75, 3.05) is 23.9 Å². The molecule has 5 N–H and O–H groups in total. The van der Waals surface area contributed by atoms with Crippen molar-refractivity contribution in [1.82, 2.24) is 19.7 Å². The van der Waals surface area contributed by atoms with Gasteiger partial charge in [-0.1, -0.05) is 12.8 Å². The maximum absolute atomic E-state index is 11.9. The van der Waals surface area contributed by atoms with Crippen molar-refractivity contribution in [2.24, 2.45) is 0 Å². The largest absolute Gasteiger partial charge is 0.387 e. The maximum atomic E-state index is 11.9. The minimum atomic E-state index is -4.61. The molecule has 2 aromatic heterocycles. The van der Waals surface area contributed by atoms with Gasteiger partial charge in [0.25, 0.3) is 0 Å². The van der Waals surface area contributed by atoms with E-state index in [9.17, 15) is 24.6 Å². The predicted octanol–water partition coefficient (Wildman–Crippen LogP) is 1.73. The Morgan fingerprint density at radius 1 is 1.32 bits per heavy atom. The quantitative estimate of drug-likeness (QED) is 0.232. The third-order valence-corrected chi connectivity index (χ3v) is 9.03. The molecule has 4 rings (SSSR count). The van der Waals surface area contributed by atoms with Crippen LogP contribution in [0.15, 0.2) is 6.20 Å². The Morgan fingerprint density at radius 2 is 2.03 bits per heavy atom. The van der Waals surface area contributed by atoms with Crippen LogP contribution in [0.5, 0.6) is 0 Å². The Bertz CT molecular complexity index is 1070. The molecule has 2 fully saturated rings. The molecule has 34 heavy (non-hydrogen) atoms. The van der Waals surface area contributed by atoms with E-state index in [2.05, 4.69) is 20.4 Å². The summed E-state index contributed by atoms with van der Waals surface area (Å²) in [4.78, 5) is 28.0. The Labute approximate surface area is 205 Å². The van der Waals surface area contributed by atoms with Crippen molar-refractivity contribution in [3.63, 3.8) is 0 Å². The highest BCUT2D eigenvalue weighted by atomic mass is 35.5. The second-order valence-electron chi connectivity index (χ2n) is 8.80. The fourth-order valence-electron chi connectivity index (χ4n) is 4.27. The molecule has 2 unspecified atom stereocenters. The van der Waals surface area contributed by atoms with E-state index in [4.69, 9.17) is 21.1 Å². The van der Waals surface area contributed by atoms with Gasteiger partial charge >= 0.3 is 7.60 Å². The Hall–Kier alpha value is -1.02. The van der Waals surface area contributed by atoms with Gasteiger partial charge in [-0.05, 0) is 37.6 Å². The average molecular weight is 538 g/mol. The fourth-order valence-corrected chi connectivity index (χ4v) is 6.35. The third-order valence-electron chi connectivity index (χ3n) is 6.29. The third kappa shape index (κ3) is 5.09. The van der Waals surface area contributed by atoms with Crippen LogP contribution in [0.4, 0.5) is 5.82 Å². The molecule has 190 valence electrons. The number of aliphatic hydroxyl groups excluding tert-OH is 2. The lowest BCUT2D eigenvalue weighted by Gasteiger charge is -2.31. The fraction of sp³-hybridized carbons (Fsp3) is 0.737. The zero-order chi connectivity index (χ0) is 24.7. The van der Waals surface area contributed by atoms with Crippen LogP contribution < -0.4 is 5.32 Å². The zero-order valence-electron chi connectivity index (χ0n) is 18.7. The van der Waals surface area contributed by atoms with Crippen LogP contribution in [-0.4, -0.2) is 88.1 Å². The van der Waals surface area contributed by atoms with Crippen molar-refractivity contribution >= 4 is 47.8 Å². The van der Waals surface area contributed by atoms with Gasteiger partial charge in [-0.25, -0.2) is 4.68 Å². The van der Waals surface area contributed by atoms with Gasteiger partial charge in [0.15, 0.2) is 17.2 Å². The highest BCUT2D eigenvalue weighted by Crippen LogP contribution is 2.52. The number of nitrogens with one attached hydrogen (secondary N) is 1. The molecule has 0 radical (unpaired) electrons. The first kappa shape index (κ1) is 26.1. The van der Waals surface area contributed by atoms with Crippen molar-refractivity contribution in [1.29, 1.82) is 0 Å². The summed E-state index contributed by atoms with van der Waals surface area (Å²) in [5.74, 6) is 0.567. The first-order valence-corrected chi connectivity index (χ1v) is 14.3. The topological polar surface area (TPSA) is 172 Å². The Balaban J connectivity index is 1.55. The number of rotatable bonds is 9. The number of halogens is 1. The molecular weight excluding hydrogens is 509 g/mol. The minimum Gasteiger partial charge on any atom is -0.387 e. The lowest BCUT2D eigenvalue weighted by Crippen LogP contribution is -2.39. The summed E-state index contributed by atoms with van der Waals surface area (Å²) in [7, 11) is -4.61. The second kappa shape index (κ2) is 10.2. The maximum Gasteiger partial charge on any atom is 0.357 e. The van der Waals surface area contributed by atoms with E-state index in [0.29, 0.717) is 16.9 Å². The Kier molecular flexibility index (Phi) is 7.78. The summed E-state index contributed by atoms with van der Waals surface area (Å²) in [6.07, 6.45) is 2.63. The molecular formula is C19H29ClN5O7PS. The number of anilines is 1. The number of hydrogen-bond donors (Lipinski definition) is 5. The number of fused-ring (bicyclic) bond motifs is 1. The number of thioether (sulfide) groups is 1. The van der Waals surface area contributed by atoms with Gasteiger partial charge in [-0.3, -0.25) is 4.57 Å². The summed E-state index contributed by atoms with van der Waals surface area (Å²) < 4.78 is 24.6. The predicted molar refractivity (Wildman–Crippen MR) is 127 cm³/mol. The average Bonchev–Trinajstić information content (AvgIpc) is 3.48. The zero-order valence-corrected chi connectivity index (χ0v) is 21.2. The van der Waals surface area contributed by atoms with Gasteiger partial charge in [-0.2, -0.15) is 26.8 Å². The van der Waals surface area contributed by atoms with E-state index in [-0.39, 0.29) is 23.7 Å². The summed E-state index contributed by atoms with van der Waals surface area (Å²) in [5, 5.41) is 27.7. The highest BCUT2D eigenvalue weighted by molar-refractivity contribution is 7.98. The summed E-state index contributed by atoms with van der Waals surface area (Å²) in [6, 6.07) is 0.277. The number of ether oxygens (including phenoxy) is 2. The van der Waals surface area contributed by atoms with E-state index in [1.54, 1.807) is 12.5 Å². The van der Waals surface area contributed by atoms with E-state index in [1.165, 1.54) is 23.4 Å². The van der Waals surface area contributed by atoms with Gasteiger partial charge in [0.2, 0.25) is 5.28 Å². The van der Waals surface area contributed by atoms with Gasteiger partial charge in [0.1, 0.15) is 24.1 Å². The van der Waals surface area contributed by atoms with Crippen molar-refractivity contribution in [3.8, 4) is 0 Å². The normalized spacial score (nSPS) is 28.0. The molecule has 2 aliphatic rings. The van der Waals surface area contributed by atoms with Crippen LogP contribution in [0.2, 0.25) is 5.28 Å². The first-order valence-electron chi connectivity index (χ1n) is 10.9. The molecule has 2 aromatic rings. The van der Waals surface area contributed by atoms with E-state index in [0.717, 1.165) is 25.7 Å². The summed E-state index contributed by atoms with van der Waals surface area (Å²) in [6.45, 7) is 0.957. The van der Waals surface area contributed by atoms with Crippen LogP contribution in [0, 0.1) is 0 Å². The molecule has 1 saturated carbocycles. The molecule has 1 saturated heterocycles. The monoisotopic (exact) mass is 537 g/mol. The molecule has 1 aliphatic carbocycles. The number of hydrogen-bond acceptors (Lipinski definition) is 10. The van der Waals surface area contributed by atoms with E-state index < -0.39 is 37.5 Å². The molecule has 3 heterocycles. The van der Waals surface area contributed by atoms with E-state index >= 15 is 0 Å². The van der Waals surface area contributed by atoms with Gasteiger partial charge in [0.05, 0.1) is 18.2 Å². The molecule has 0 spiro atoms. The van der Waals surface area contributed by atoms with Crippen LogP contribution in [0.25, 0.3) is 11.0 Å². The van der Waals surface area contributed by atoms with Gasteiger partial charge in [-0.15, -0.1) is 0 Å². The molecule has 5 atom stereocenters. The SMILES string of the molecule is CSCC(C)(OC[C@H]1O[C@@H](n2ncc3c(NC4CCCC4)nc(Cl)nc32)C(O)[C@@H]1O)P(=O)(O)O. The summed E-state index contributed by atoms with van der Waals surface area (Å²) >= 11 is 7.38. The molecule has 1 aliphatic heterocycles. The van der Waals surface area contributed by atoms with Crippen molar-refractivity contribution in [2.45, 2.75) is 68.5 Å². The number of nitrogens with zero attached hydrogens (tertiary/aromatic N) is 4. The lowest BCUT2D eigenvalue weighted by atomic mass is 10.1. The standard InChI is InChI=1S/C19H29ClN5O7PS/c1-19(9-34-2,33(28,29)30)31-8-12-13(26)14(27)17(32-12)25-16-11(7-21-25)15(23-18(20)24-16)22-10-5-3-4-6-10/h7,10,12-14,17,26-27H,3-6,8-9H2,1-2H3,(H,22,23,24)(H2,28,29,30)/t12-,13-,14?,17-,19?/m1/s1. The highest BCUT2D eigenvalue weighted by Gasteiger charge is 2.48. The molecule has 0 bridgehead atoms. The van der Waals surface area contributed by atoms with Crippen molar-refractivity contribution < 1.29 is 34.0 Å². The summed E-state index contributed by atoms with van der Waals surface area (Å²) in [5.41, 5.74) is 0.320. The molecule has 0 amide bonds.